The number of nitrogens with zero attached hydrogens (tertiary/aromatic N) is 2. The third-order valence-electron chi connectivity index (χ3n) is 4.06. The molecule has 1 rings (SSSR count). The first-order valence-corrected chi connectivity index (χ1v) is 8.92. The lowest BCUT2D eigenvalue weighted by Gasteiger charge is -2.31. The molecule has 0 aromatic heterocycles. The van der Waals surface area contributed by atoms with Crippen LogP contribution in [0.5, 0.6) is 0 Å². The molecule has 0 amide bonds. The fraction of sp³-hybridized carbons (Fsp3) is 0.778. The minimum atomic E-state index is -0.0506. The zero-order valence-corrected chi connectivity index (χ0v) is 16.0. The number of hydrogen-bond donors (Lipinski definition) is 0. The molecule has 0 heterocycles. The molecule has 0 bridgehead atoms. The monoisotopic (exact) mass is 324 g/mol. The Morgan fingerprint density at radius 3 is 2.00 bits per heavy atom. The van der Waals surface area contributed by atoms with Crippen molar-refractivity contribution >= 4 is 17.9 Å². The molecule has 0 unspecified atom stereocenters. The van der Waals surface area contributed by atoms with Gasteiger partial charge in [0.25, 0.3) is 0 Å². The van der Waals surface area contributed by atoms with E-state index in [1.807, 2.05) is 7.05 Å². The highest BCUT2D eigenvalue weighted by atomic mass is 32.1. The van der Waals surface area contributed by atoms with Gasteiger partial charge in [-0.15, -0.1) is 0 Å². The molecular formula is C18H32N2OS. The SMILES string of the molecule is CCCN(CCC)CCCN(C)c1c(C(C)(C)C)c(=S)c1=O. The van der Waals surface area contributed by atoms with Gasteiger partial charge < -0.3 is 9.80 Å². The molecule has 0 aliphatic heterocycles. The second-order valence-electron chi connectivity index (χ2n) is 7.25. The van der Waals surface area contributed by atoms with Crippen molar-refractivity contribution in [2.75, 3.05) is 38.1 Å². The maximum absolute atomic E-state index is 12.1. The average molecular weight is 325 g/mol. The molecule has 0 N–H and O–H groups in total. The first kappa shape index (κ1) is 19.3. The van der Waals surface area contributed by atoms with Gasteiger partial charge in [-0.05, 0) is 44.3 Å². The molecule has 3 nitrogen and oxygen atoms in total. The van der Waals surface area contributed by atoms with Gasteiger partial charge in [0.2, 0.25) is 5.43 Å². The Hall–Kier alpha value is -0.740. The lowest BCUT2D eigenvalue weighted by molar-refractivity contribution is 0.272. The molecule has 0 saturated carbocycles. The summed E-state index contributed by atoms with van der Waals surface area (Å²) in [5.74, 6) is 0. The summed E-state index contributed by atoms with van der Waals surface area (Å²) >= 11 is 5.25. The Balaban J connectivity index is 2.64. The van der Waals surface area contributed by atoms with Crippen LogP contribution in [0.2, 0.25) is 0 Å². The van der Waals surface area contributed by atoms with Crippen LogP contribution < -0.4 is 10.3 Å². The molecule has 0 saturated heterocycles. The third kappa shape index (κ3) is 4.63. The Morgan fingerprint density at radius 1 is 1.00 bits per heavy atom. The molecule has 0 fully saturated rings. The summed E-state index contributed by atoms with van der Waals surface area (Å²) in [4.78, 5) is 16.7. The van der Waals surface area contributed by atoms with Gasteiger partial charge in [0.1, 0.15) is 0 Å². The second-order valence-corrected chi connectivity index (χ2v) is 7.66. The lowest BCUT2D eigenvalue weighted by Crippen LogP contribution is -2.36. The quantitative estimate of drug-likeness (QED) is 0.643. The van der Waals surface area contributed by atoms with E-state index < -0.39 is 0 Å². The molecule has 0 atom stereocenters. The fourth-order valence-electron chi connectivity index (χ4n) is 3.05. The van der Waals surface area contributed by atoms with Crippen LogP contribution in [0.1, 0.15) is 59.4 Å². The standard InChI is InChI=1S/C18H32N2OS/c1-7-10-20(11-8-2)13-9-12-19(6)15-14(18(3,4)5)17(22)16(15)21/h7-13H2,1-6H3. The van der Waals surface area contributed by atoms with Crippen molar-refractivity contribution < 1.29 is 0 Å². The Bertz CT molecular complexity index is 532. The van der Waals surface area contributed by atoms with Crippen LogP contribution in [0, 0.1) is 4.51 Å². The van der Waals surface area contributed by atoms with E-state index in [0.717, 1.165) is 43.9 Å². The Labute approximate surface area is 141 Å². The number of anilines is 1. The molecule has 4 heteroatoms. The average Bonchev–Trinajstić information content (AvgIpc) is 2.42. The van der Waals surface area contributed by atoms with Crippen LogP contribution in [0.15, 0.2) is 4.79 Å². The molecule has 0 spiro atoms. The summed E-state index contributed by atoms with van der Waals surface area (Å²) in [5.41, 5.74) is 1.91. The van der Waals surface area contributed by atoms with Gasteiger partial charge in [0, 0.05) is 19.2 Å². The van der Waals surface area contributed by atoms with Crippen molar-refractivity contribution in [3.05, 3.63) is 20.3 Å². The molecule has 0 aliphatic rings. The fourth-order valence-corrected chi connectivity index (χ4v) is 3.55. The summed E-state index contributed by atoms with van der Waals surface area (Å²) in [6.07, 6.45) is 3.47. The highest BCUT2D eigenvalue weighted by Gasteiger charge is 2.29. The van der Waals surface area contributed by atoms with Crippen LogP contribution >= 0.6 is 12.2 Å². The summed E-state index contributed by atoms with van der Waals surface area (Å²) in [6, 6.07) is 0. The minimum absolute atomic E-state index is 0.0506. The van der Waals surface area contributed by atoms with E-state index in [1.165, 1.54) is 12.8 Å². The highest BCUT2D eigenvalue weighted by molar-refractivity contribution is 7.71. The predicted molar refractivity (Wildman–Crippen MR) is 99.5 cm³/mol. The van der Waals surface area contributed by atoms with Crippen LogP contribution in [0.25, 0.3) is 0 Å². The lowest BCUT2D eigenvalue weighted by atomic mass is 9.82. The zero-order valence-electron chi connectivity index (χ0n) is 15.2. The first-order chi connectivity index (χ1) is 10.2. The zero-order chi connectivity index (χ0) is 16.9. The molecule has 22 heavy (non-hydrogen) atoms. The van der Waals surface area contributed by atoms with Crippen LogP contribution in [0.3, 0.4) is 0 Å². The molecule has 126 valence electrons. The number of hydrogen-bond acceptors (Lipinski definition) is 4. The highest BCUT2D eigenvalue weighted by Crippen LogP contribution is 2.32. The van der Waals surface area contributed by atoms with Gasteiger partial charge in [-0.1, -0.05) is 46.8 Å². The Morgan fingerprint density at radius 2 is 1.55 bits per heavy atom. The molecule has 1 aromatic rings. The van der Waals surface area contributed by atoms with Gasteiger partial charge in [-0.2, -0.15) is 0 Å². The molecule has 1 aromatic carbocycles. The Kier molecular flexibility index (Phi) is 7.20. The summed E-state index contributed by atoms with van der Waals surface area (Å²) in [6.45, 7) is 15.2. The largest absolute Gasteiger partial charge is 0.371 e. The van der Waals surface area contributed by atoms with Gasteiger partial charge in [-0.25, -0.2) is 0 Å². The van der Waals surface area contributed by atoms with Crippen molar-refractivity contribution in [2.24, 2.45) is 0 Å². The van der Waals surface area contributed by atoms with Gasteiger partial charge in [0.15, 0.2) is 0 Å². The molecule has 0 radical (unpaired) electrons. The van der Waals surface area contributed by atoms with Gasteiger partial charge in [0.05, 0.1) is 10.2 Å². The third-order valence-corrected chi connectivity index (χ3v) is 4.45. The summed E-state index contributed by atoms with van der Waals surface area (Å²) in [7, 11) is 2.02. The van der Waals surface area contributed by atoms with Crippen molar-refractivity contribution in [3.8, 4) is 0 Å². The predicted octanol–water partition coefficient (Wildman–Crippen LogP) is 3.90. The second kappa shape index (κ2) is 8.21. The van der Waals surface area contributed by atoms with Gasteiger partial charge >= 0.3 is 0 Å². The summed E-state index contributed by atoms with van der Waals surface area (Å²) < 4.78 is 0.535. The number of rotatable bonds is 9. The smallest absolute Gasteiger partial charge is 0.220 e. The van der Waals surface area contributed by atoms with Crippen molar-refractivity contribution in [1.29, 1.82) is 0 Å². The van der Waals surface area contributed by atoms with E-state index in [2.05, 4.69) is 44.4 Å². The first-order valence-electron chi connectivity index (χ1n) is 8.51. The van der Waals surface area contributed by atoms with E-state index in [9.17, 15) is 4.79 Å². The van der Waals surface area contributed by atoms with Crippen LogP contribution in [-0.2, 0) is 5.41 Å². The molecule has 0 aliphatic carbocycles. The maximum atomic E-state index is 12.1. The van der Waals surface area contributed by atoms with Crippen molar-refractivity contribution in [2.45, 2.75) is 59.3 Å². The van der Waals surface area contributed by atoms with E-state index in [0.29, 0.717) is 4.51 Å². The van der Waals surface area contributed by atoms with E-state index in [1.54, 1.807) is 0 Å². The van der Waals surface area contributed by atoms with E-state index >= 15 is 0 Å². The topological polar surface area (TPSA) is 23.6 Å². The van der Waals surface area contributed by atoms with Gasteiger partial charge in [-0.3, -0.25) is 4.79 Å². The normalized spacial score (nSPS) is 12.3. The minimum Gasteiger partial charge on any atom is -0.371 e. The summed E-state index contributed by atoms with van der Waals surface area (Å²) in [5, 5.41) is 0. The molecular weight excluding hydrogens is 292 g/mol. The van der Waals surface area contributed by atoms with Crippen molar-refractivity contribution in [3.63, 3.8) is 0 Å². The van der Waals surface area contributed by atoms with E-state index in [-0.39, 0.29) is 10.8 Å². The van der Waals surface area contributed by atoms with E-state index in [4.69, 9.17) is 12.2 Å². The van der Waals surface area contributed by atoms with Crippen LogP contribution in [-0.4, -0.2) is 38.1 Å². The van der Waals surface area contributed by atoms with Crippen molar-refractivity contribution in [1.82, 2.24) is 4.90 Å². The maximum Gasteiger partial charge on any atom is 0.220 e. The van der Waals surface area contributed by atoms with Crippen LogP contribution in [0.4, 0.5) is 5.69 Å².